The summed E-state index contributed by atoms with van der Waals surface area (Å²) in [6.45, 7) is 2.77. The van der Waals surface area contributed by atoms with E-state index < -0.39 is 27.7 Å². The molecule has 0 radical (unpaired) electrons. The Labute approximate surface area is 149 Å². The molecule has 0 saturated carbocycles. The zero-order valence-corrected chi connectivity index (χ0v) is 13.9. The van der Waals surface area contributed by atoms with Gasteiger partial charge < -0.3 is 20.5 Å². The molecule has 27 heavy (non-hydrogen) atoms. The van der Waals surface area contributed by atoms with E-state index in [1.54, 1.807) is 0 Å². The monoisotopic (exact) mass is 377 g/mol. The molecular formula is C15H13N4O8+. The van der Waals surface area contributed by atoms with Crippen molar-refractivity contribution >= 4 is 5.69 Å². The second-order valence-corrected chi connectivity index (χ2v) is 5.66. The molecule has 0 amide bonds. The average molecular weight is 377 g/mol. The quantitative estimate of drug-likeness (QED) is 0.222. The summed E-state index contributed by atoms with van der Waals surface area (Å²) in [6, 6.07) is 1.92. The molecule has 0 spiro atoms. The number of phenols is 2. The van der Waals surface area contributed by atoms with Crippen molar-refractivity contribution < 1.29 is 35.0 Å². The van der Waals surface area contributed by atoms with E-state index in [1.807, 2.05) is 0 Å². The van der Waals surface area contributed by atoms with Crippen molar-refractivity contribution in [1.82, 2.24) is 9.89 Å². The van der Waals surface area contributed by atoms with Crippen LogP contribution in [-0.4, -0.2) is 35.3 Å². The van der Waals surface area contributed by atoms with Crippen LogP contribution in [0.3, 0.4) is 0 Å². The number of nitro groups is 1. The van der Waals surface area contributed by atoms with Crippen LogP contribution in [0.15, 0.2) is 21.5 Å². The number of hydrogen-bond donors (Lipinski definition) is 4. The third-order valence-corrected chi connectivity index (χ3v) is 4.02. The molecule has 0 aliphatic rings. The molecule has 2 heterocycles. The number of nitrogens with one attached hydrogen (secondary N) is 1. The van der Waals surface area contributed by atoms with Gasteiger partial charge in [0.1, 0.15) is 11.3 Å². The number of hydrogen-bond acceptors (Lipinski definition) is 9. The lowest BCUT2D eigenvalue weighted by Gasteiger charge is -2.08. The van der Waals surface area contributed by atoms with Crippen LogP contribution in [0.25, 0.3) is 22.8 Å². The number of pyridine rings is 1. The average Bonchev–Trinajstić information content (AvgIpc) is 3.10. The number of phenolic OH excluding ortho intramolecular Hbond substituents is 2. The lowest BCUT2D eigenvalue weighted by atomic mass is 10.1. The molecule has 0 atom stereocenters. The fraction of sp³-hybridized carbons (Fsp3) is 0.133. The number of aromatic nitrogens is 3. The van der Waals surface area contributed by atoms with Crippen molar-refractivity contribution in [3.63, 3.8) is 0 Å². The van der Waals surface area contributed by atoms with Gasteiger partial charge in [-0.2, -0.15) is 4.98 Å². The lowest BCUT2D eigenvalue weighted by Crippen LogP contribution is -2.25. The van der Waals surface area contributed by atoms with Crippen molar-refractivity contribution in [2.45, 2.75) is 13.8 Å². The van der Waals surface area contributed by atoms with Crippen molar-refractivity contribution in [2.24, 2.45) is 0 Å². The van der Waals surface area contributed by atoms with E-state index in [1.165, 1.54) is 13.8 Å². The van der Waals surface area contributed by atoms with Crippen LogP contribution in [0.2, 0.25) is 0 Å². The van der Waals surface area contributed by atoms with Crippen LogP contribution in [0.1, 0.15) is 11.3 Å². The minimum atomic E-state index is -0.911. The summed E-state index contributed by atoms with van der Waals surface area (Å²) < 4.78 is 5.27. The second kappa shape index (κ2) is 6.01. The van der Waals surface area contributed by atoms with Crippen LogP contribution in [-0.2, 0) is 0 Å². The molecule has 3 aromatic rings. The van der Waals surface area contributed by atoms with E-state index in [-0.39, 0.29) is 44.6 Å². The number of aromatic amines is 1. The Kier molecular flexibility index (Phi) is 3.95. The minimum Gasteiger partial charge on any atom is -0.506 e. The lowest BCUT2D eigenvalue weighted by molar-refractivity contribution is -0.386. The second-order valence-electron chi connectivity index (χ2n) is 5.66. The summed E-state index contributed by atoms with van der Waals surface area (Å²) >= 11 is 0. The minimum absolute atomic E-state index is 0.0333. The third-order valence-electron chi connectivity index (χ3n) is 4.02. The third kappa shape index (κ3) is 2.68. The molecule has 12 heteroatoms. The maximum atomic E-state index is 12.3. The fourth-order valence-corrected chi connectivity index (χ4v) is 2.54. The van der Waals surface area contributed by atoms with Crippen LogP contribution in [0.5, 0.6) is 17.2 Å². The number of nitrogens with zero attached hydrogens (tertiary/aromatic N) is 3. The summed E-state index contributed by atoms with van der Waals surface area (Å²) in [4.78, 5) is 24.9. The van der Waals surface area contributed by atoms with Gasteiger partial charge in [-0.15, -0.1) is 4.73 Å². The smallest absolute Gasteiger partial charge is 0.384 e. The Balaban J connectivity index is 2.18. The number of benzene rings is 1. The van der Waals surface area contributed by atoms with Crippen LogP contribution >= 0.6 is 0 Å². The Morgan fingerprint density at radius 3 is 2.52 bits per heavy atom. The van der Waals surface area contributed by atoms with Gasteiger partial charge in [0, 0.05) is 11.6 Å². The summed E-state index contributed by atoms with van der Waals surface area (Å²) in [7, 11) is 0. The van der Waals surface area contributed by atoms with Crippen molar-refractivity contribution in [3.05, 3.63) is 43.9 Å². The first-order chi connectivity index (χ1) is 12.6. The molecule has 1 aromatic carbocycles. The van der Waals surface area contributed by atoms with Gasteiger partial charge in [0.05, 0.1) is 16.2 Å². The fourth-order valence-electron chi connectivity index (χ4n) is 2.54. The van der Waals surface area contributed by atoms with Crippen LogP contribution in [0, 0.1) is 24.0 Å². The topological polar surface area (TPSA) is 186 Å². The standard InChI is InChI=1S/C15H12N4O8/c1-5-10(15(23)18(24)6(2)11(5)21)13-16-14(27-17-13)7-3-8(19(25)26)12(22)9(20)4-7/h3-4,20-22,24H,1-2H3/p+1. The zero-order valence-electron chi connectivity index (χ0n) is 13.9. The van der Waals surface area contributed by atoms with E-state index in [0.29, 0.717) is 0 Å². The molecule has 0 aliphatic carbocycles. The van der Waals surface area contributed by atoms with Gasteiger partial charge in [-0.25, -0.2) is 4.52 Å². The highest BCUT2D eigenvalue weighted by molar-refractivity contribution is 5.67. The Morgan fingerprint density at radius 1 is 1.22 bits per heavy atom. The Bertz CT molecular complexity index is 1150. The number of nitro benzene ring substituents is 1. The molecule has 140 valence electrons. The predicted octanol–water partition coefficient (Wildman–Crippen LogP) is 0.864. The van der Waals surface area contributed by atoms with Crippen molar-refractivity contribution in [3.8, 4) is 40.1 Å². The molecule has 2 aromatic heterocycles. The number of rotatable bonds is 3. The van der Waals surface area contributed by atoms with Gasteiger partial charge in [-0.1, -0.05) is 0 Å². The largest absolute Gasteiger partial charge is 0.506 e. The van der Waals surface area contributed by atoms with Gasteiger partial charge in [0.25, 0.3) is 5.56 Å². The summed E-state index contributed by atoms with van der Waals surface area (Å²) in [5.41, 5.74) is -1.80. The zero-order chi connectivity index (χ0) is 20.0. The van der Waals surface area contributed by atoms with E-state index in [9.17, 15) is 35.4 Å². The predicted molar refractivity (Wildman–Crippen MR) is 86.5 cm³/mol. The first kappa shape index (κ1) is 17.7. The van der Waals surface area contributed by atoms with E-state index in [0.717, 1.165) is 12.1 Å². The van der Waals surface area contributed by atoms with Gasteiger partial charge in [-0.05, 0) is 19.9 Å². The van der Waals surface area contributed by atoms with Gasteiger partial charge in [-0.3, -0.25) is 14.9 Å². The van der Waals surface area contributed by atoms with Gasteiger partial charge >= 0.3 is 17.4 Å². The summed E-state index contributed by atoms with van der Waals surface area (Å²) in [5.74, 6) is -2.34. The normalized spacial score (nSPS) is 10.9. The SMILES string of the molecule is Cc1c(O)c(C)n(O)c(=O)c1-c1noc(-c2cc(O)c(O)c([N+](=O)[O-])c2)[nH+]1. The molecule has 0 bridgehead atoms. The highest BCUT2D eigenvalue weighted by atomic mass is 16.6. The maximum Gasteiger partial charge on any atom is 0.384 e. The molecular weight excluding hydrogens is 364 g/mol. The molecule has 3 rings (SSSR count). The van der Waals surface area contributed by atoms with E-state index >= 15 is 0 Å². The van der Waals surface area contributed by atoms with Crippen LogP contribution < -0.4 is 10.5 Å². The Morgan fingerprint density at radius 2 is 1.89 bits per heavy atom. The van der Waals surface area contributed by atoms with Gasteiger partial charge in [0.2, 0.25) is 5.75 Å². The van der Waals surface area contributed by atoms with Crippen molar-refractivity contribution in [2.75, 3.05) is 0 Å². The first-order valence-electron chi connectivity index (χ1n) is 7.38. The van der Waals surface area contributed by atoms with Crippen molar-refractivity contribution in [1.29, 1.82) is 0 Å². The summed E-state index contributed by atoms with van der Waals surface area (Å²) in [5, 5.41) is 53.6. The molecule has 0 fully saturated rings. The van der Waals surface area contributed by atoms with Gasteiger partial charge in [0.15, 0.2) is 10.9 Å². The summed E-state index contributed by atoms with van der Waals surface area (Å²) in [6.07, 6.45) is 0. The molecule has 0 aliphatic heterocycles. The molecule has 12 nitrogen and oxygen atoms in total. The molecule has 5 N–H and O–H groups in total. The molecule has 0 unspecified atom stereocenters. The number of aromatic hydroxyl groups is 3. The van der Waals surface area contributed by atoms with E-state index in [2.05, 4.69) is 10.1 Å². The highest BCUT2D eigenvalue weighted by Crippen LogP contribution is 2.38. The molecule has 0 saturated heterocycles. The number of H-pyrrole nitrogens is 1. The van der Waals surface area contributed by atoms with Crippen LogP contribution in [0.4, 0.5) is 5.69 Å². The van der Waals surface area contributed by atoms with E-state index in [4.69, 9.17) is 4.52 Å². The first-order valence-corrected chi connectivity index (χ1v) is 7.38. The maximum absolute atomic E-state index is 12.3. The Hall–Kier alpha value is -4.09. The highest BCUT2D eigenvalue weighted by Gasteiger charge is 2.29.